The van der Waals surface area contributed by atoms with Gasteiger partial charge in [0.2, 0.25) is 0 Å². The van der Waals surface area contributed by atoms with Crippen molar-refractivity contribution in [2.45, 2.75) is 6.42 Å². The van der Waals surface area contributed by atoms with E-state index in [1.165, 1.54) is 28.0 Å². The highest BCUT2D eigenvalue weighted by atomic mass is 19.1. The average Bonchev–Trinajstić information content (AvgIpc) is 2.91. The van der Waals surface area contributed by atoms with E-state index in [9.17, 15) is 29.3 Å². The van der Waals surface area contributed by atoms with Gasteiger partial charge in [-0.2, -0.15) is 0 Å². The van der Waals surface area contributed by atoms with Crippen LogP contribution in [0.15, 0.2) is 36.4 Å². The number of carbonyl (C=O) groups is 2. The van der Waals surface area contributed by atoms with E-state index in [4.69, 9.17) is 0 Å². The third-order valence-electron chi connectivity index (χ3n) is 4.49. The lowest BCUT2D eigenvalue weighted by Gasteiger charge is -2.22. The molecule has 0 aliphatic carbocycles. The molecule has 0 aromatic heterocycles. The Morgan fingerprint density at radius 1 is 0.852 bits per heavy atom. The molecule has 0 bridgehead atoms. The van der Waals surface area contributed by atoms with Gasteiger partial charge in [0, 0.05) is 31.7 Å². The molecule has 142 valence electrons. The molecule has 0 spiro atoms. The van der Waals surface area contributed by atoms with Crippen molar-refractivity contribution >= 4 is 11.8 Å². The molecule has 0 radical (unpaired) electrons. The van der Waals surface area contributed by atoms with Gasteiger partial charge in [0.05, 0.1) is 5.56 Å². The monoisotopic (exact) mass is 374 g/mol. The highest BCUT2D eigenvalue weighted by Crippen LogP contribution is 2.35. The first-order chi connectivity index (χ1) is 12.9. The van der Waals surface area contributed by atoms with Crippen LogP contribution in [0.4, 0.5) is 4.39 Å². The van der Waals surface area contributed by atoms with Crippen molar-refractivity contribution in [1.82, 2.24) is 9.80 Å². The minimum atomic E-state index is -0.691. The Hall–Kier alpha value is -3.29. The standard InChI is InChI=1S/C19H19FN2O5/c20-14-5-2-1-4-13(14)19(27)22-7-3-6-21(8-9-22)18(26)12-10-15(23)17(25)16(24)11-12/h1-2,4-5,10-11,23-25H,3,6-9H2. The van der Waals surface area contributed by atoms with Gasteiger partial charge in [0.15, 0.2) is 17.2 Å². The maximum Gasteiger partial charge on any atom is 0.256 e. The van der Waals surface area contributed by atoms with Crippen LogP contribution in [0.1, 0.15) is 27.1 Å². The summed E-state index contributed by atoms with van der Waals surface area (Å²) in [6, 6.07) is 7.90. The first-order valence-electron chi connectivity index (χ1n) is 8.46. The first kappa shape index (κ1) is 18.5. The molecule has 2 aromatic carbocycles. The summed E-state index contributed by atoms with van der Waals surface area (Å²) in [6.07, 6.45) is 0.502. The lowest BCUT2D eigenvalue weighted by Crippen LogP contribution is -2.37. The number of phenolic OH excluding ortho intramolecular Hbond substituents is 3. The number of amides is 2. The summed E-state index contributed by atoms with van der Waals surface area (Å²) in [6.45, 7) is 1.20. The topological polar surface area (TPSA) is 101 Å². The number of aromatic hydroxyl groups is 3. The van der Waals surface area contributed by atoms with Crippen LogP contribution in [-0.2, 0) is 0 Å². The fourth-order valence-electron chi connectivity index (χ4n) is 3.04. The summed E-state index contributed by atoms with van der Waals surface area (Å²) in [4.78, 5) is 28.1. The van der Waals surface area contributed by atoms with Gasteiger partial charge < -0.3 is 25.1 Å². The van der Waals surface area contributed by atoms with Gasteiger partial charge in [-0.25, -0.2) is 4.39 Å². The zero-order valence-corrected chi connectivity index (χ0v) is 14.4. The van der Waals surface area contributed by atoms with Gasteiger partial charge in [0.1, 0.15) is 5.82 Å². The number of rotatable bonds is 2. The highest BCUT2D eigenvalue weighted by molar-refractivity contribution is 5.96. The van der Waals surface area contributed by atoms with Crippen LogP contribution in [0.25, 0.3) is 0 Å². The molecular weight excluding hydrogens is 355 g/mol. The lowest BCUT2D eigenvalue weighted by atomic mass is 10.1. The van der Waals surface area contributed by atoms with Crippen molar-refractivity contribution in [3.05, 3.63) is 53.3 Å². The van der Waals surface area contributed by atoms with Crippen LogP contribution in [-0.4, -0.2) is 63.1 Å². The SMILES string of the molecule is O=C(c1cc(O)c(O)c(O)c1)N1CCCN(C(=O)c2ccccc2F)CC1. The molecule has 1 fully saturated rings. The minimum Gasteiger partial charge on any atom is -0.504 e. The highest BCUT2D eigenvalue weighted by Gasteiger charge is 2.25. The number of hydrogen-bond acceptors (Lipinski definition) is 5. The second-order valence-corrected chi connectivity index (χ2v) is 6.28. The number of carbonyl (C=O) groups excluding carboxylic acids is 2. The molecule has 0 unspecified atom stereocenters. The second kappa shape index (κ2) is 7.53. The third-order valence-corrected chi connectivity index (χ3v) is 4.49. The van der Waals surface area contributed by atoms with Crippen molar-refractivity contribution in [2.75, 3.05) is 26.2 Å². The van der Waals surface area contributed by atoms with Crippen LogP contribution < -0.4 is 0 Å². The van der Waals surface area contributed by atoms with Crippen LogP contribution >= 0.6 is 0 Å². The fourth-order valence-corrected chi connectivity index (χ4v) is 3.04. The Labute approximate surface area is 154 Å². The number of hydrogen-bond donors (Lipinski definition) is 3. The van der Waals surface area contributed by atoms with Crippen molar-refractivity contribution in [3.63, 3.8) is 0 Å². The average molecular weight is 374 g/mol. The zero-order chi connectivity index (χ0) is 19.6. The number of phenols is 3. The van der Waals surface area contributed by atoms with Crippen molar-refractivity contribution in [3.8, 4) is 17.2 Å². The summed E-state index contributed by atoms with van der Waals surface area (Å²) in [7, 11) is 0. The summed E-state index contributed by atoms with van der Waals surface area (Å²) in [5.41, 5.74) is 0.0161. The Morgan fingerprint density at radius 2 is 1.41 bits per heavy atom. The lowest BCUT2D eigenvalue weighted by molar-refractivity contribution is 0.0716. The van der Waals surface area contributed by atoms with Gasteiger partial charge in [-0.1, -0.05) is 12.1 Å². The van der Waals surface area contributed by atoms with E-state index in [-0.39, 0.29) is 24.2 Å². The molecule has 7 nitrogen and oxygen atoms in total. The molecule has 8 heteroatoms. The quantitative estimate of drug-likeness (QED) is 0.698. The first-order valence-corrected chi connectivity index (χ1v) is 8.46. The van der Waals surface area contributed by atoms with E-state index in [2.05, 4.69) is 0 Å². The predicted molar refractivity (Wildman–Crippen MR) is 94.3 cm³/mol. The predicted octanol–water partition coefficient (Wildman–Crippen LogP) is 1.93. The van der Waals surface area contributed by atoms with Crippen molar-refractivity contribution in [1.29, 1.82) is 0 Å². The molecule has 1 heterocycles. The fraction of sp³-hybridized carbons (Fsp3) is 0.263. The molecule has 3 rings (SSSR count). The molecule has 27 heavy (non-hydrogen) atoms. The maximum absolute atomic E-state index is 13.9. The van der Waals surface area contributed by atoms with Gasteiger partial charge in [-0.15, -0.1) is 0 Å². The van der Waals surface area contributed by atoms with Gasteiger partial charge in [-0.05, 0) is 30.7 Å². The Balaban J connectivity index is 1.72. The number of benzene rings is 2. The maximum atomic E-state index is 13.9. The number of nitrogens with zero attached hydrogens (tertiary/aromatic N) is 2. The molecule has 0 saturated carbocycles. The molecule has 2 amide bonds. The molecule has 0 atom stereocenters. The zero-order valence-electron chi connectivity index (χ0n) is 14.4. The van der Waals surface area contributed by atoms with E-state index in [1.807, 2.05) is 0 Å². The summed E-state index contributed by atoms with van der Waals surface area (Å²) in [5.74, 6) is -3.34. The Morgan fingerprint density at radius 3 is 2.00 bits per heavy atom. The smallest absolute Gasteiger partial charge is 0.256 e. The van der Waals surface area contributed by atoms with Gasteiger partial charge >= 0.3 is 0 Å². The molecule has 1 aliphatic heterocycles. The second-order valence-electron chi connectivity index (χ2n) is 6.28. The van der Waals surface area contributed by atoms with E-state index in [0.717, 1.165) is 12.1 Å². The summed E-state index contributed by atoms with van der Waals surface area (Å²) in [5, 5.41) is 28.6. The van der Waals surface area contributed by atoms with Crippen molar-refractivity contribution in [2.24, 2.45) is 0 Å². The Bertz CT molecular complexity index is 863. The van der Waals surface area contributed by atoms with Crippen LogP contribution in [0, 0.1) is 5.82 Å². The molecule has 1 saturated heterocycles. The van der Waals surface area contributed by atoms with Gasteiger partial charge in [0.25, 0.3) is 11.8 Å². The molecule has 2 aromatic rings. The Kier molecular flexibility index (Phi) is 5.16. The summed E-state index contributed by atoms with van der Waals surface area (Å²) >= 11 is 0. The summed E-state index contributed by atoms with van der Waals surface area (Å²) < 4.78 is 13.9. The minimum absolute atomic E-state index is 0.00865. The molecule has 1 aliphatic rings. The van der Waals surface area contributed by atoms with E-state index < -0.39 is 34.9 Å². The number of halogens is 1. The van der Waals surface area contributed by atoms with Crippen LogP contribution in [0.3, 0.4) is 0 Å². The third kappa shape index (κ3) is 3.79. The van der Waals surface area contributed by atoms with Crippen LogP contribution in [0.2, 0.25) is 0 Å². The normalized spacial score (nSPS) is 14.7. The van der Waals surface area contributed by atoms with E-state index in [0.29, 0.717) is 19.5 Å². The van der Waals surface area contributed by atoms with Crippen LogP contribution in [0.5, 0.6) is 17.2 Å². The van der Waals surface area contributed by atoms with Crippen molar-refractivity contribution < 1.29 is 29.3 Å². The molecular formula is C19H19FN2O5. The molecule has 3 N–H and O–H groups in total. The van der Waals surface area contributed by atoms with E-state index >= 15 is 0 Å². The van der Waals surface area contributed by atoms with E-state index in [1.54, 1.807) is 6.07 Å². The largest absolute Gasteiger partial charge is 0.504 e. The van der Waals surface area contributed by atoms with Gasteiger partial charge in [-0.3, -0.25) is 9.59 Å².